The molecule has 0 unspecified atom stereocenters. The van der Waals surface area contributed by atoms with E-state index >= 15 is 0 Å². The summed E-state index contributed by atoms with van der Waals surface area (Å²) in [7, 11) is 0. The van der Waals surface area contributed by atoms with Crippen molar-refractivity contribution in [3.05, 3.63) is 0 Å². The fraction of sp³-hybridized carbons (Fsp3) is 0. The van der Waals surface area contributed by atoms with Gasteiger partial charge < -0.3 is 11.0 Å². The van der Waals surface area contributed by atoms with E-state index in [0.717, 1.165) is 0 Å². The van der Waals surface area contributed by atoms with Crippen LogP contribution in [0.15, 0.2) is 0 Å². The van der Waals surface area contributed by atoms with Crippen molar-refractivity contribution in [2.45, 2.75) is 0 Å². The smallest absolute Gasteiger partial charge is 1.00 e. The maximum Gasteiger partial charge on any atom is 1.00 e. The average molecular weight is 254 g/mol. The van der Waals surface area contributed by atoms with Crippen LogP contribution < -0.4 is 111 Å². The number of rotatable bonds is 0. The third-order valence-electron chi connectivity index (χ3n) is 0. The van der Waals surface area contributed by atoms with E-state index < -0.39 is 14.5 Å². The Morgan fingerprint density at radius 1 is 1.11 bits per heavy atom. The van der Waals surface area contributed by atoms with Gasteiger partial charge in [-0.3, -0.25) is 0 Å². The molecule has 0 fully saturated rings. The molecule has 0 aromatic heterocycles. The zero-order valence-electron chi connectivity index (χ0n) is 5.12. The van der Waals surface area contributed by atoms with Gasteiger partial charge in [0, 0.05) is 0 Å². The molecular weight excluding hydrogens is 249 g/mol. The third-order valence-corrected chi connectivity index (χ3v) is 0. The second-order valence-corrected chi connectivity index (χ2v) is 2.43. The summed E-state index contributed by atoms with van der Waals surface area (Å²) in [6.45, 7) is 0. The predicted octanol–water partition coefficient (Wildman–Crippen LogP) is -11.1. The van der Waals surface area contributed by atoms with Crippen molar-refractivity contribution < 1.29 is 130 Å². The van der Waals surface area contributed by atoms with Gasteiger partial charge in [0.05, 0.1) is 0 Å². The normalized spacial score (nSPS) is 6.56. The Kier molecular flexibility index (Phi) is 45.7. The van der Waals surface area contributed by atoms with Crippen LogP contribution in [0.3, 0.4) is 0 Å². The molecular formula is H5AsK2O6. The molecule has 0 atom stereocenters. The van der Waals surface area contributed by atoms with Crippen LogP contribution >= 0.6 is 0 Å². The first-order valence-electron chi connectivity index (χ1n) is 0.748. The van der Waals surface area contributed by atoms with Crippen LogP contribution in [0.5, 0.6) is 0 Å². The molecule has 0 spiro atoms. The summed E-state index contributed by atoms with van der Waals surface area (Å²) in [5.41, 5.74) is 0. The Labute approximate surface area is 140 Å². The first-order valence-corrected chi connectivity index (χ1v) is 3.89. The fourth-order valence-electron chi connectivity index (χ4n) is 0. The molecule has 0 aliphatic carbocycles. The number of hydrogen-bond acceptors (Lipinski definition) is 3. The molecule has 0 heterocycles. The molecule has 0 saturated carbocycles. The van der Waals surface area contributed by atoms with Crippen LogP contribution in [0, 0.1) is 0 Å². The molecule has 48 valence electrons. The van der Waals surface area contributed by atoms with Gasteiger partial charge in [0.15, 0.2) is 0 Å². The van der Waals surface area contributed by atoms with Crippen LogP contribution in [-0.4, -0.2) is 29.6 Å². The second-order valence-electron chi connectivity index (χ2n) is 0.469. The largest absolute Gasteiger partial charge is 1.00 e. The summed E-state index contributed by atoms with van der Waals surface area (Å²) in [6.07, 6.45) is 0. The summed E-state index contributed by atoms with van der Waals surface area (Å²) in [5, 5.41) is 0. The van der Waals surface area contributed by atoms with Gasteiger partial charge >= 0.3 is 133 Å². The fourth-order valence-corrected chi connectivity index (χ4v) is 0. The zero-order valence-corrected chi connectivity index (χ0v) is 13.2. The predicted molar refractivity (Wildman–Crippen MR) is 15.9 cm³/mol. The van der Waals surface area contributed by atoms with Crippen molar-refractivity contribution in [3.63, 3.8) is 0 Å². The second kappa shape index (κ2) is 14.0. The molecule has 0 saturated heterocycles. The Morgan fingerprint density at radius 2 is 1.11 bits per heavy atom. The summed E-state index contributed by atoms with van der Waals surface area (Å²) in [6, 6.07) is 0. The third kappa shape index (κ3) is 86.4. The van der Waals surface area contributed by atoms with Gasteiger partial charge in [-0.25, -0.2) is 0 Å². The van der Waals surface area contributed by atoms with E-state index in [1.165, 1.54) is 0 Å². The molecule has 0 aliphatic rings. The van der Waals surface area contributed by atoms with Crippen LogP contribution in [0.1, 0.15) is 0 Å². The SMILES string of the molecule is O.O.O=[As]([O-])([O-])O.[K+].[K+]. The molecule has 6 nitrogen and oxygen atoms in total. The molecule has 0 rings (SSSR count). The maximum absolute atomic E-state index is 8.72. The van der Waals surface area contributed by atoms with Crippen LogP contribution in [0.4, 0.5) is 0 Å². The molecule has 0 radical (unpaired) electrons. The summed E-state index contributed by atoms with van der Waals surface area (Å²) >= 11 is -5.62. The first-order chi connectivity index (χ1) is 2.00. The van der Waals surface area contributed by atoms with Crippen molar-refractivity contribution in [2.24, 2.45) is 0 Å². The molecule has 0 bridgehead atoms. The van der Waals surface area contributed by atoms with Crippen LogP contribution in [-0.2, 0) is 3.74 Å². The minimum absolute atomic E-state index is 0. The molecule has 0 amide bonds. The van der Waals surface area contributed by atoms with Gasteiger partial charge in [-0.15, -0.1) is 0 Å². The Hall–Kier alpha value is 3.43. The van der Waals surface area contributed by atoms with Gasteiger partial charge in [-0.1, -0.05) is 0 Å². The van der Waals surface area contributed by atoms with Crippen molar-refractivity contribution in [1.29, 1.82) is 0 Å². The molecule has 5 N–H and O–H groups in total. The van der Waals surface area contributed by atoms with Gasteiger partial charge in [0.1, 0.15) is 0 Å². The van der Waals surface area contributed by atoms with Gasteiger partial charge in [-0.2, -0.15) is 0 Å². The van der Waals surface area contributed by atoms with E-state index in [2.05, 4.69) is 0 Å². The van der Waals surface area contributed by atoms with E-state index in [1.54, 1.807) is 0 Å². The Balaban J connectivity index is -0.0000000133. The Bertz CT molecular complexity index is 57.2. The summed E-state index contributed by atoms with van der Waals surface area (Å²) < 4.78 is 33.2. The van der Waals surface area contributed by atoms with Crippen molar-refractivity contribution in [2.75, 3.05) is 0 Å². The minimum Gasteiger partial charge on any atom is 1.00 e. The molecule has 0 aromatic carbocycles. The van der Waals surface area contributed by atoms with Crippen LogP contribution in [0.2, 0.25) is 0 Å². The minimum atomic E-state index is -5.62. The van der Waals surface area contributed by atoms with E-state index in [-0.39, 0.29) is 114 Å². The summed E-state index contributed by atoms with van der Waals surface area (Å²) in [4.78, 5) is 0. The molecule has 0 aromatic rings. The average Bonchev–Trinajstić information content (AvgIpc) is 0.722. The van der Waals surface area contributed by atoms with E-state index in [0.29, 0.717) is 0 Å². The molecule has 9 heteroatoms. The number of hydrogen-bond donors (Lipinski definition) is 1. The quantitative estimate of drug-likeness (QED) is 0.427. The van der Waals surface area contributed by atoms with Crippen molar-refractivity contribution in [1.82, 2.24) is 0 Å². The topological polar surface area (TPSA) is 146 Å². The standard InChI is InChI=1S/AsH3O4.2K.2H2O/c2-1(3,4)5;;;;/h(H3,2,3,4,5);;;2*1H2/q;2*+1;;/p-2. The summed E-state index contributed by atoms with van der Waals surface area (Å²) in [5.74, 6) is 0. The first kappa shape index (κ1) is 29.4. The van der Waals surface area contributed by atoms with E-state index in [4.69, 9.17) is 16.0 Å². The molecule has 0 aliphatic heterocycles. The van der Waals surface area contributed by atoms with Crippen molar-refractivity contribution in [3.8, 4) is 0 Å². The van der Waals surface area contributed by atoms with E-state index in [1.807, 2.05) is 0 Å². The van der Waals surface area contributed by atoms with Crippen molar-refractivity contribution >= 4 is 14.5 Å². The monoisotopic (exact) mass is 254 g/mol. The van der Waals surface area contributed by atoms with Gasteiger partial charge in [0.25, 0.3) is 0 Å². The zero-order chi connectivity index (χ0) is 4.50. The van der Waals surface area contributed by atoms with Gasteiger partial charge in [0.2, 0.25) is 0 Å². The molecule has 9 heavy (non-hydrogen) atoms. The van der Waals surface area contributed by atoms with Gasteiger partial charge in [-0.05, 0) is 0 Å². The van der Waals surface area contributed by atoms with Crippen LogP contribution in [0.25, 0.3) is 0 Å². The Morgan fingerprint density at radius 3 is 1.11 bits per heavy atom. The van der Waals surface area contributed by atoms with E-state index in [9.17, 15) is 0 Å². The maximum atomic E-state index is 8.72.